The molecule has 22 nitrogen and oxygen atoms in total. The number of nitrogens with two attached hydrogens (primary N) is 1. The molecule has 8 aromatic rings. The molecule has 0 bridgehead atoms. The molecule has 350 valence electrons. The number of aliphatic hydroxyl groups is 1. The van der Waals surface area contributed by atoms with Crippen LogP contribution in [0.1, 0.15) is 5.56 Å². The van der Waals surface area contributed by atoms with Crippen molar-refractivity contribution in [1.82, 2.24) is 0 Å². The van der Waals surface area contributed by atoms with Gasteiger partial charge in [0.25, 0.3) is 30.4 Å². The zero-order valence-electron chi connectivity index (χ0n) is 34.5. The van der Waals surface area contributed by atoms with Crippen LogP contribution in [0.15, 0.2) is 171 Å². The second-order valence-electron chi connectivity index (χ2n) is 14.6. The molecule has 26 heteroatoms. The van der Waals surface area contributed by atoms with Gasteiger partial charge in [0, 0.05) is 21.4 Å². The van der Waals surface area contributed by atoms with E-state index in [0.29, 0.717) is 27.2 Å². The average Bonchev–Trinajstić information content (AvgIpc) is 3.29. The lowest BCUT2D eigenvalue weighted by atomic mass is 10.1. The molecule has 0 unspecified atom stereocenters. The van der Waals surface area contributed by atoms with Gasteiger partial charge in [0.1, 0.15) is 32.5 Å². The van der Waals surface area contributed by atoms with Crippen LogP contribution in [0.4, 0.5) is 51.2 Å². The molecule has 0 saturated heterocycles. The van der Waals surface area contributed by atoms with Crippen LogP contribution in [-0.2, 0) is 37.0 Å². The molecule has 0 aliphatic heterocycles. The SMILES string of the molecule is Nc1c(N=Nc2ccc3cc(S(=O)(=O)O)c(N=Nc4cc(S(=O)(=O)O)ccc4CO)c(O)c3c2)c(S(=O)(=O)O)cc2ccc(N=Nc3ccc4c(O)c(N=Nc5ccc(Cl)cc5)ccc4c3)c(O)c12. The highest BCUT2D eigenvalue weighted by atomic mass is 35.5. The van der Waals surface area contributed by atoms with Gasteiger partial charge in [-0.15, -0.1) is 25.6 Å². The molecule has 0 amide bonds. The first-order chi connectivity index (χ1) is 32.6. The third-order valence-electron chi connectivity index (χ3n) is 10.2. The highest BCUT2D eigenvalue weighted by Gasteiger charge is 2.25. The lowest BCUT2D eigenvalue weighted by Crippen LogP contribution is -2.01. The Morgan fingerprint density at radius 2 is 0.986 bits per heavy atom. The van der Waals surface area contributed by atoms with Crippen molar-refractivity contribution in [1.29, 1.82) is 0 Å². The first-order valence-corrected chi connectivity index (χ1v) is 24.0. The van der Waals surface area contributed by atoms with E-state index in [1.54, 1.807) is 54.6 Å². The third-order valence-corrected chi connectivity index (χ3v) is 13.0. The minimum atomic E-state index is -5.13. The van der Waals surface area contributed by atoms with Crippen LogP contribution in [0.5, 0.6) is 17.2 Å². The second-order valence-corrected chi connectivity index (χ2v) is 19.3. The normalized spacial score (nSPS) is 12.8. The molecule has 0 aliphatic carbocycles. The van der Waals surface area contributed by atoms with Crippen LogP contribution >= 0.6 is 11.6 Å². The standard InChI is InChI=1S/C43H30ClN9O13S3/c44-25-5-8-26(9-6-25)46-49-32-13-3-21-15-27(10-12-30(21)41(32)55)47-50-33-14-4-23-17-35(68(61,62)63)39(38(45)37(23)43(33)57)52-48-28-7-1-22-16-36(69(64,65)66)40(42(56)31(22)18-28)53-51-34-19-29(67(58,59)60)11-2-24(34)20-54/h1-19,54-57H,20,45H2,(H,58,59,60)(H,61,62,63)(H,64,65,66). The molecule has 0 heterocycles. The predicted molar refractivity (Wildman–Crippen MR) is 251 cm³/mol. The minimum absolute atomic E-state index is 0.0117. The summed E-state index contributed by atoms with van der Waals surface area (Å²) in [5, 5.41) is 76.7. The van der Waals surface area contributed by atoms with Crippen LogP contribution in [0.25, 0.3) is 32.3 Å². The molecular formula is C43H30ClN9O13S3. The number of phenols is 3. The number of nitrogens with zero attached hydrogens (tertiary/aromatic N) is 8. The molecule has 9 N–H and O–H groups in total. The van der Waals surface area contributed by atoms with Gasteiger partial charge in [0.2, 0.25) is 0 Å². The number of nitrogen functional groups attached to an aromatic ring is 1. The van der Waals surface area contributed by atoms with Gasteiger partial charge < -0.3 is 26.2 Å². The number of halogens is 1. The van der Waals surface area contributed by atoms with Crippen molar-refractivity contribution < 1.29 is 59.3 Å². The van der Waals surface area contributed by atoms with Gasteiger partial charge >= 0.3 is 0 Å². The van der Waals surface area contributed by atoms with Gasteiger partial charge in [0.05, 0.1) is 45.3 Å². The summed E-state index contributed by atoms with van der Waals surface area (Å²) in [6.07, 6.45) is 0. The summed E-state index contributed by atoms with van der Waals surface area (Å²) in [7, 11) is -15.0. The maximum Gasteiger partial charge on any atom is 0.296 e. The Hall–Kier alpha value is -7.88. The Labute approximate surface area is 394 Å². The number of phenolic OH excluding ortho intramolecular Hbond substituents is 3. The number of hydrogen-bond acceptors (Lipinski definition) is 19. The monoisotopic (exact) mass is 1010 g/mol. The smallest absolute Gasteiger partial charge is 0.296 e. The van der Waals surface area contributed by atoms with E-state index in [2.05, 4.69) is 40.9 Å². The summed E-state index contributed by atoms with van der Waals surface area (Å²) in [5.41, 5.74) is 4.83. The predicted octanol–water partition coefficient (Wildman–Crippen LogP) is 11.4. The largest absolute Gasteiger partial charge is 0.505 e. The van der Waals surface area contributed by atoms with Crippen molar-refractivity contribution in [3.8, 4) is 17.2 Å². The molecule has 0 aromatic heterocycles. The number of rotatable bonds is 12. The van der Waals surface area contributed by atoms with Crippen molar-refractivity contribution in [3.05, 3.63) is 126 Å². The van der Waals surface area contributed by atoms with Crippen molar-refractivity contribution >= 4 is 125 Å². The van der Waals surface area contributed by atoms with E-state index in [1.165, 1.54) is 24.3 Å². The first-order valence-electron chi connectivity index (χ1n) is 19.3. The first kappa shape index (κ1) is 47.6. The van der Waals surface area contributed by atoms with Gasteiger partial charge in [-0.3, -0.25) is 13.7 Å². The molecule has 8 rings (SSSR count). The van der Waals surface area contributed by atoms with E-state index in [4.69, 9.17) is 17.3 Å². The Morgan fingerprint density at radius 1 is 0.464 bits per heavy atom. The van der Waals surface area contributed by atoms with E-state index in [0.717, 1.165) is 36.4 Å². The summed E-state index contributed by atoms with van der Waals surface area (Å²) >= 11 is 5.92. The second kappa shape index (κ2) is 18.3. The topological polar surface area (TPSA) is 369 Å². The van der Waals surface area contributed by atoms with Crippen LogP contribution < -0.4 is 5.73 Å². The molecule has 0 fully saturated rings. The van der Waals surface area contributed by atoms with Gasteiger partial charge in [-0.1, -0.05) is 35.9 Å². The van der Waals surface area contributed by atoms with Gasteiger partial charge in [-0.25, -0.2) is 0 Å². The molecule has 0 atom stereocenters. The third kappa shape index (κ3) is 9.91. The van der Waals surface area contributed by atoms with Crippen molar-refractivity contribution in [3.63, 3.8) is 0 Å². The van der Waals surface area contributed by atoms with Crippen LogP contribution in [-0.4, -0.2) is 59.3 Å². The number of benzene rings is 8. The summed E-state index contributed by atoms with van der Waals surface area (Å²) in [6, 6.07) is 25.6. The maximum absolute atomic E-state index is 12.6. The minimum Gasteiger partial charge on any atom is -0.505 e. The van der Waals surface area contributed by atoms with Crippen molar-refractivity contribution in [2.45, 2.75) is 21.3 Å². The van der Waals surface area contributed by atoms with Crippen LogP contribution in [0.2, 0.25) is 5.02 Å². The highest BCUT2D eigenvalue weighted by Crippen LogP contribution is 2.47. The molecule has 8 aromatic carbocycles. The fraction of sp³-hybridized carbons (Fsp3) is 0.0233. The Balaban J connectivity index is 1.14. The number of hydrogen-bond donors (Lipinski definition) is 8. The molecule has 0 radical (unpaired) electrons. The fourth-order valence-electron chi connectivity index (χ4n) is 6.83. The van der Waals surface area contributed by atoms with Gasteiger partial charge in [-0.2, -0.15) is 40.6 Å². The van der Waals surface area contributed by atoms with Gasteiger partial charge in [0.15, 0.2) is 17.2 Å². The van der Waals surface area contributed by atoms with E-state index >= 15 is 0 Å². The zero-order chi connectivity index (χ0) is 49.6. The van der Waals surface area contributed by atoms with Crippen molar-refractivity contribution in [2.75, 3.05) is 5.73 Å². The number of anilines is 1. The number of aromatic hydroxyl groups is 3. The summed E-state index contributed by atoms with van der Waals surface area (Å²) < 4.78 is 103. The molecule has 69 heavy (non-hydrogen) atoms. The van der Waals surface area contributed by atoms with E-state index < -0.39 is 80.2 Å². The fourth-order valence-corrected chi connectivity index (χ4v) is 8.79. The quantitative estimate of drug-likeness (QED) is 0.0320. The summed E-state index contributed by atoms with van der Waals surface area (Å²) in [6.45, 7) is -0.708. The zero-order valence-corrected chi connectivity index (χ0v) is 37.7. The maximum atomic E-state index is 12.6. The van der Waals surface area contributed by atoms with Crippen LogP contribution in [0, 0.1) is 0 Å². The number of fused-ring (bicyclic) bond motifs is 3. The molecule has 0 spiro atoms. The molecule has 0 aliphatic rings. The summed E-state index contributed by atoms with van der Waals surface area (Å²) in [4.78, 5) is -2.41. The van der Waals surface area contributed by atoms with E-state index in [1.807, 2.05) is 0 Å². The Bertz CT molecular complexity index is 3930. The lowest BCUT2D eigenvalue weighted by molar-refractivity contribution is 0.282. The highest BCUT2D eigenvalue weighted by molar-refractivity contribution is 7.86. The lowest BCUT2D eigenvalue weighted by Gasteiger charge is -2.12. The molecule has 0 saturated carbocycles. The Kier molecular flexibility index (Phi) is 12.6. The van der Waals surface area contributed by atoms with E-state index in [9.17, 15) is 59.3 Å². The average molecular weight is 1010 g/mol. The van der Waals surface area contributed by atoms with Crippen LogP contribution in [0.3, 0.4) is 0 Å². The van der Waals surface area contributed by atoms with Gasteiger partial charge in [-0.05, 0) is 107 Å². The van der Waals surface area contributed by atoms with E-state index in [-0.39, 0.29) is 55.6 Å². The number of aliphatic hydroxyl groups excluding tert-OH is 1. The Morgan fingerprint density at radius 3 is 1.65 bits per heavy atom. The summed E-state index contributed by atoms with van der Waals surface area (Å²) in [5.74, 6) is -1.61. The van der Waals surface area contributed by atoms with Crippen molar-refractivity contribution in [2.24, 2.45) is 40.9 Å². The molecular weight excluding hydrogens is 982 g/mol. The number of azo groups is 4.